The predicted octanol–water partition coefficient (Wildman–Crippen LogP) is 3.49. The molecule has 2 aromatic carbocycles. The molecule has 0 saturated carbocycles. The zero-order chi connectivity index (χ0) is 22.8. The second-order valence-electron chi connectivity index (χ2n) is 7.66. The van der Waals surface area contributed by atoms with E-state index < -0.39 is 0 Å². The number of hydrogen-bond donors (Lipinski definition) is 1. The fourth-order valence-corrected chi connectivity index (χ4v) is 3.94. The van der Waals surface area contributed by atoms with E-state index in [1.165, 1.54) is 0 Å². The van der Waals surface area contributed by atoms with Gasteiger partial charge in [-0.15, -0.1) is 0 Å². The van der Waals surface area contributed by atoms with E-state index in [2.05, 4.69) is 15.3 Å². The first-order valence-corrected chi connectivity index (χ1v) is 10.7. The minimum absolute atomic E-state index is 0.314. The van der Waals surface area contributed by atoms with Crippen molar-refractivity contribution in [2.24, 2.45) is 4.99 Å². The predicted molar refractivity (Wildman–Crippen MR) is 124 cm³/mol. The number of aryl methyl sites for hydroxylation is 1. The molecule has 0 unspecified atom stereocenters. The zero-order valence-electron chi connectivity index (χ0n) is 18.4. The van der Waals surface area contributed by atoms with E-state index in [4.69, 9.17) is 14.5 Å². The van der Waals surface area contributed by atoms with Crippen LogP contribution in [0.1, 0.15) is 21.6 Å². The van der Waals surface area contributed by atoms with Crippen LogP contribution in [0.3, 0.4) is 0 Å². The zero-order valence-corrected chi connectivity index (χ0v) is 18.4. The molecule has 166 valence electrons. The van der Waals surface area contributed by atoms with Gasteiger partial charge in [-0.3, -0.25) is 14.3 Å². The Bertz CT molecular complexity index is 1410. The summed E-state index contributed by atoms with van der Waals surface area (Å²) < 4.78 is 13.7. The Morgan fingerprint density at radius 1 is 1.15 bits per heavy atom. The number of carbonyl (C=O) groups is 1. The van der Waals surface area contributed by atoms with Crippen LogP contribution in [0.15, 0.2) is 65.8 Å². The van der Waals surface area contributed by atoms with Crippen LogP contribution >= 0.6 is 0 Å². The molecule has 0 spiro atoms. The minimum Gasteiger partial charge on any atom is -0.491 e. The fourth-order valence-electron chi connectivity index (χ4n) is 3.94. The van der Waals surface area contributed by atoms with Crippen molar-refractivity contribution in [1.29, 1.82) is 0 Å². The number of pyridine rings is 1. The SMILES string of the molecule is COc1c(OCc2ccccc2)ccc2c3n(c(=NC(=O)c4cccnc4C)nc12)CCN3. The van der Waals surface area contributed by atoms with E-state index in [1.807, 2.05) is 47.0 Å². The molecule has 0 aliphatic carbocycles. The van der Waals surface area contributed by atoms with E-state index in [1.54, 1.807) is 32.4 Å². The van der Waals surface area contributed by atoms with Gasteiger partial charge in [0.25, 0.3) is 5.91 Å². The molecule has 5 rings (SSSR count). The summed E-state index contributed by atoms with van der Waals surface area (Å²) in [4.78, 5) is 26.2. The molecule has 1 N–H and O–H groups in total. The summed E-state index contributed by atoms with van der Waals surface area (Å²) >= 11 is 0. The van der Waals surface area contributed by atoms with Crippen molar-refractivity contribution in [1.82, 2.24) is 14.5 Å². The van der Waals surface area contributed by atoms with Crippen LogP contribution in [0.25, 0.3) is 10.9 Å². The third kappa shape index (κ3) is 3.91. The standard InChI is InChI=1S/C25H23N5O3/c1-16-18(9-6-12-26-16)24(31)29-25-28-21-19(23-27-13-14-30(23)25)10-11-20(22(21)32-2)33-15-17-7-4-3-5-8-17/h3-12,27H,13-15H2,1-2H3. The molecule has 2 aromatic heterocycles. The van der Waals surface area contributed by atoms with Crippen molar-refractivity contribution < 1.29 is 14.3 Å². The maximum absolute atomic E-state index is 12.9. The third-order valence-electron chi connectivity index (χ3n) is 5.58. The molecule has 0 fully saturated rings. The van der Waals surface area contributed by atoms with Crippen LogP contribution in [0.5, 0.6) is 11.5 Å². The highest BCUT2D eigenvalue weighted by molar-refractivity contribution is 5.97. The minimum atomic E-state index is -0.385. The number of amides is 1. The third-order valence-corrected chi connectivity index (χ3v) is 5.58. The summed E-state index contributed by atoms with van der Waals surface area (Å²) in [5.74, 6) is 1.54. The van der Waals surface area contributed by atoms with Gasteiger partial charge in [0.2, 0.25) is 5.62 Å². The highest BCUT2D eigenvalue weighted by Gasteiger charge is 2.21. The topological polar surface area (TPSA) is 90.6 Å². The maximum atomic E-state index is 12.9. The number of rotatable bonds is 5. The van der Waals surface area contributed by atoms with E-state index in [9.17, 15) is 4.79 Å². The normalized spacial score (nSPS) is 13.0. The van der Waals surface area contributed by atoms with Gasteiger partial charge in [0.1, 0.15) is 17.9 Å². The number of hydrogen-bond acceptors (Lipinski definition) is 6. The molecule has 3 heterocycles. The summed E-state index contributed by atoms with van der Waals surface area (Å²) in [6, 6.07) is 17.2. The van der Waals surface area contributed by atoms with Crippen LogP contribution in [-0.2, 0) is 13.2 Å². The van der Waals surface area contributed by atoms with Crippen LogP contribution in [0.2, 0.25) is 0 Å². The highest BCUT2D eigenvalue weighted by Crippen LogP contribution is 2.37. The molecule has 0 atom stereocenters. The van der Waals surface area contributed by atoms with Gasteiger partial charge in [0.05, 0.1) is 18.4 Å². The molecule has 0 radical (unpaired) electrons. The second-order valence-corrected chi connectivity index (χ2v) is 7.66. The Morgan fingerprint density at radius 3 is 2.79 bits per heavy atom. The number of methoxy groups -OCH3 is 1. The number of aromatic nitrogens is 3. The number of ether oxygens (including phenoxy) is 2. The number of carbonyl (C=O) groups excluding carboxylic acids is 1. The Balaban J connectivity index is 1.62. The van der Waals surface area contributed by atoms with Crippen LogP contribution in [0.4, 0.5) is 5.82 Å². The summed E-state index contributed by atoms with van der Waals surface area (Å²) in [6.45, 7) is 3.56. The monoisotopic (exact) mass is 441 g/mol. The molecule has 33 heavy (non-hydrogen) atoms. The second kappa shape index (κ2) is 8.74. The Morgan fingerprint density at radius 2 is 2.00 bits per heavy atom. The Hall–Kier alpha value is -4.20. The summed E-state index contributed by atoms with van der Waals surface area (Å²) in [5, 5.41) is 4.25. The molecule has 0 saturated heterocycles. The molecule has 0 bridgehead atoms. The van der Waals surface area contributed by atoms with Crippen LogP contribution in [0, 0.1) is 6.92 Å². The van der Waals surface area contributed by atoms with E-state index in [0.29, 0.717) is 47.0 Å². The summed E-state index contributed by atoms with van der Waals surface area (Å²) in [6.07, 6.45) is 1.65. The van der Waals surface area contributed by atoms with Gasteiger partial charge in [-0.25, -0.2) is 4.98 Å². The molecule has 4 aromatic rings. The molecule has 1 aliphatic rings. The molecule has 1 aliphatic heterocycles. The summed E-state index contributed by atoms with van der Waals surface area (Å²) in [7, 11) is 1.58. The first kappa shape index (κ1) is 20.7. The van der Waals surface area contributed by atoms with Gasteiger partial charge in [0.15, 0.2) is 11.5 Å². The number of fused-ring (bicyclic) bond motifs is 3. The van der Waals surface area contributed by atoms with Crippen molar-refractivity contribution in [2.45, 2.75) is 20.1 Å². The average Bonchev–Trinajstić information content (AvgIpc) is 3.34. The quantitative estimate of drug-likeness (QED) is 0.510. The van der Waals surface area contributed by atoms with Crippen LogP contribution in [-0.4, -0.2) is 34.1 Å². The molecular weight excluding hydrogens is 418 g/mol. The largest absolute Gasteiger partial charge is 0.491 e. The van der Waals surface area contributed by atoms with Gasteiger partial charge in [-0.05, 0) is 36.8 Å². The highest BCUT2D eigenvalue weighted by atomic mass is 16.5. The molecule has 1 amide bonds. The van der Waals surface area contributed by atoms with Crippen molar-refractivity contribution in [2.75, 3.05) is 19.0 Å². The molecular formula is C25H23N5O3. The van der Waals surface area contributed by atoms with Gasteiger partial charge in [-0.2, -0.15) is 4.99 Å². The number of nitrogens with one attached hydrogen (secondary N) is 1. The number of benzene rings is 2. The Labute approximate surface area is 190 Å². The summed E-state index contributed by atoms with van der Waals surface area (Å²) in [5.41, 5.74) is 3.02. The lowest BCUT2D eigenvalue weighted by Gasteiger charge is -2.15. The lowest BCUT2D eigenvalue weighted by molar-refractivity contribution is 0.0995. The van der Waals surface area contributed by atoms with Crippen molar-refractivity contribution in [3.63, 3.8) is 0 Å². The average molecular weight is 441 g/mol. The lowest BCUT2D eigenvalue weighted by atomic mass is 10.2. The number of anilines is 1. The van der Waals surface area contributed by atoms with E-state index in [-0.39, 0.29) is 5.91 Å². The van der Waals surface area contributed by atoms with Crippen molar-refractivity contribution in [3.8, 4) is 11.5 Å². The first-order chi connectivity index (χ1) is 16.2. The van der Waals surface area contributed by atoms with Crippen molar-refractivity contribution >= 4 is 22.6 Å². The van der Waals surface area contributed by atoms with Crippen LogP contribution < -0.4 is 20.4 Å². The van der Waals surface area contributed by atoms with E-state index >= 15 is 0 Å². The molecule has 8 nitrogen and oxygen atoms in total. The maximum Gasteiger partial charge on any atom is 0.282 e. The number of nitrogens with zero attached hydrogens (tertiary/aromatic N) is 4. The van der Waals surface area contributed by atoms with Gasteiger partial charge >= 0.3 is 0 Å². The van der Waals surface area contributed by atoms with E-state index in [0.717, 1.165) is 23.3 Å². The Kier molecular flexibility index (Phi) is 5.48. The molecule has 8 heteroatoms. The van der Waals surface area contributed by atoms with Crippen molar-refractivity contribution in [3.05, 3.63) is 83.2 Å². The lowest BCUT2D eigenvalue weighted by Crippen LogP contribution is -2.25. The smallest absolute Gasteiger partial charge is 0.282 e. The van der Waals surface area contributed by atoms with Gasteiger partial charge in [0, 0.05) is 24.7 Å². The first-order valence-electron chi connectivity index (χ1n) is 10.7. The fraction of sp³-hybridized carbons (Fsp3) is 0.200. The van der Waals surface area contributed by atoms with Gasteiger partial charge < -0.3 is 14.8 Å². The van der Waals surface area contributed by atoms with Gasteiger partial charge in [-0.1, -0.05) is 30.3 Å².